The maximum Gasteiger partial charge on any atom is 0.259 e. The van der Waals surface area contributed by atoms with E-state index in [0.29, 0.717) is 17.0 Å². The van der Waals surface area contributed by atoms with Crippen molar-refractivity contribution in [2.45, 2.75) is 19.9 Å². The van der Waals surface area contributed by atoms with Gasteiger partial charge in [-0.3, -0.25) is 9.59 Å². The number of likely N-dealkylation sites (N-methyl/N-ethyl adjacent to an activating group) is 1. The van der Waals surface area contributed by atoms with E-state index in [1.165, 1.54) is 25.2 Å². The first-order chi connectivity index (χ1) is 12.5. The van der Waals surface area contributed by atoms with Crippen LogP contribution in [0.3, 0.4) is 0 Å². The highest BCUT2D eigenvalue weighted by atomic mass is 16.5. The summed E-state index contributed by atoms with van der Waals surface area (Å²) in [4.78, 5) is 26.5. The standard InChI is InChI=1S/C20H23N3O3/c1-13(24)21-18-9-5-7-16(19(18)26-3)20(25)22-17-8-4-6-14-12-23(2)11-10-15(14)17/h4-9H,10-12H2,1-3H3,(H,21,24)(H,22,25). The Balaban J connectivity index is 1.90. The largest absolute Gasteiger partial charge is 0.494 e. The molecule has 1 aliphatic rings. The van der Waals surface area contributed by atoms with Crippen LogP contribution in [0.1, 0.15) is 28.4 Å². The van der Waals surface area contributed by atoms with Gasteiger partial charge in [0.05, 0.1) is 18.4 Å². The zero-order chi connectivity index (χ0) is 18.7. The van der Waals surface area contributed by atoms with Crippen molar-refractivity contribution in [1.29, 1.82) is 0 Å². The molecule has 6 heteroatoms. The van der Waals surface area contributed by atoms with Crippen molar-refractivity contribution in [3.05, 3.63) is 53.1 Å². The van der Waals surface area contributed by atoms with E-state index in [9.17, 15) is 9.59 Å². The average Bonchev–Trinajstić information content (AvgIpc) is 2.61. The highest BCUT2D eigenvalue weighted by molar-refractivity contribution is 6.08. The minimum Gasteiger partial charge on any atom is -0.494 e. The number of hydrogen-bond acceptors (Lipinski definition) is 4. The highest BCUT2D eigenvalue weighted by Gasteiger charge is 2.20. The molecule has 0 saturated carbocycles. The third-order valence-corrected chi connectivity index (χ3v) is 4.48. The molecule has 0 radical (unpaired) electrons. The molecule has 136 valence electrons. The molecule has 0 aromatic heterocycles. The summed E-state index contributed by atoms with van der Waals surface area (Å²) in [5, 5.41) is 5.70. The number of carbonyl (C=O) groups is 2. The predicted octanol–water partition coefficient (Wildman–Crippen LogP) is 2.89. The molecule has 1 heterocycles. The number of para-hydroxylation sites is 1. The van der Waals surface area contributed by atoms with Gasteiger partial charge >= 0.3 is 0 Å². The zero-order valence-corrected chi connectivity index (χ0v) is 15.3. The second kappa shape index (κ2) is 7.58. The number of nitrogens with one attached hydrogen (secondary N) is 2. The second-order valence-corrected chi connectivity index (χ2v) is 6.45. The molecule has 0 fully saturated rings. The smallest absolute Gasteiger partial charge is 0.259 e. The molecule has 2 amide bonds. The number of hydrogen-bond donors (Lipinski definition) is 2. The number of methoxy groups -OCH3 is 1. The Morgan fingerprint density at radius 1 is 1.08 bits per heavy atom. The van der Waals surface area contributed by atoms with Crippen molar-refractivity contribution in [2.75, 3.05) is 31.3 Å². The predicted molar refractivity (Wildman–Crippen MR) is 102 cm³/mol. The quantitative estimate of drug-likeness (QED) is 0.887. The molecule has 0 aliphatic carbocycles. The molecule has 0 unspecified atom stereocenters. The summed E-state index contributed by atoms with van der Waals surface area (Å²) in [7, 11) is 3.57. The van der Waals surface area contributed by atoms with E-state index in [4.69, 9.17) is 4.74 Å². The monoisotopic (exact) mass is 353 g/mol. The molecule has 6 nitrogen and oxygen atoms in total. The molecule has 0 bridgehead atoms. The first-order valence-electron chi connectivity index (χ1n) is 8.55. The fourth-order valence-corrected chi connectivity index (χ4v) is 3.28. The van der Waals surface area contributed by atoms with Crippen molar-refractivity contribution < 1.29 is 14.3 Å². The number of fused-ring (bicyclic) bond motifs is 1. The van der Waals surface area contributed by atoms with Gasteiger partial charge in [0, 0.05) is 25.7 Å². The molecule has 0 saturated heterocycles. The van der Waals surface area contributed by atoms with E-state index in [-0.39, 0.29) is 11.8 Å². The molecule has 2 N–H and O–H groups in total. The molecule has 0 atom stereocenters. The van der Waals surface area contributed by atoms with Crippen LogP contribution in [-0.2, 0) is 17.8 Å². The summed E-state index contributed by atoms with van der Waals surface area (Å²) >= 11 is 0. The van der Waals surface area contributed by atoms with Crippen molar-refractivity contribution in [3.8, 4) is 5.75 Å². The zero-order valence-electron chi connectivity index (χ0n) is 15.3. The third kappa shape index (κ3) is 3.70. The fraction of sp³-hybridized carbons (Fsp3) is 0.300. The number of carbonyl (C=O) groups excluding carboxylic acids is 2. The van der Waals surface area contributed by atoms with Crippen molar-refractivity contribution in [3.63, 3.8) is 0 Å². The summed E-state index contributed by atoms with van der Waals surface area (Å²) in [5.74, 6) is -0.131. The normalized spacial score (nSPS) is 13.7. The summed E-state index contributed by atoms with van der Waals surface area (Å²) in [6.45, 7) is 3.25. The maximum absolute atomic E-state index is 12.9. The van der Waals surface area contributed by atoms with Gasteiger partial charge in [0.2, 0.25) is 5.91 Å². The number of amides is 2. The summed E-state index contributed by atoms with van der Waals surface area (Å²) in [6, 6.07) is 11.1. The van der Waals surface area contributed by atoms with Gasteiger partial charge in [0.25, 0.3) is 5.91 Å². The van der Waals surface area contributed by atoms with Crippen LogP contribution < -0.4 is 15.4 Å². The number of rotatable bonds is 4. The molecule has 1 aliphatic heterocycles. The minimum absolute atomic E-state index is 0.220. The topological polar surface area (TPSA) is 70.7 Å². The van der Waals surface area contributed by atoms with Gasteiger partial charge in [-0.25, -0.2) is 0 Å². The van der Waals surface area contributed by atoms with Crippen molar-refractivity contribution >= 4 is 23.2 Å². The summed E-state index contributed by atoms with van der Waals surface area (Å²) in [5.41, 5.74) is 4.09. The van der Waals surface area contributed by atoms with Crippen molar-refractivity contribution in [2.24, 2.45) is 0 Å². The Kier molecular flexibility index (Phi) is 5.23. The lowest BCUT2D eigenvalue weighted by molar-refractivity contribution is -0.114. The number of benzene rings is 2. The SMILES string of the molecule is COc1c(NC(C)=O)cccc1C(=O)Nc1cccc2c1CCN(C)C2. The highest BCUT2D eigenvalue weighted by Crippen LogP contribution is 2.31. The van der Waals surface area contributed by atoms with E-state index in [0.717, 1.165) is 25.2 Å². The Morgan fingerprint density at radius 3 is 2.54 bits per heavy atom. The van der Waals surface area contributed by atoms with Crippen LogP contribution >= 0.6 is 0 Å². The van der Waals surface area contributed by atoms with Gasteiger partial charge in [-0.2, -0.15) is 0 Å². The van der Waals surface area contributed by atoms with Crippen LogP contribution in [0.5, 0.6) is 5.75 Å². The van der Waals surface area contributed by atoms with Crippen molar-refractivity contribution in [1.82, 2.24) is 4.90 Å². The van der Waals surface area contributed by atoms with Gasteiger partial charge in [-0.05, 0) is 42.8 Å². The fourth-order valence-electron chi connectivity index (χ4n) is 3.28. The summed E-state index contributed by atoms with van der Waals surface area (Å²) in [6.07, 6.45) is 0.894. The molecule has 26 heavy (non-hydrogen) atoms. The van der Waals surface area contributed by atoms with Crippen LogP contribution in [0.4, 0.5) is 11.4 Å². The first kappa shape index (κ1) is 17.9. The number of nitrogens with zero attached hydrogens (tertiary/aromatic N) is 1. The maximum atomic E-state index is 12.9. The Morgan fingerprint density at radius 2 is 1.81 bits per heavy atom. The lowest BCUT2D eigenvalue weighted by Gasteiger charge is -2.27. The van der Waals surface area contributed by atoms with Crippen LogP contribution in [0.15, 0.2) is 36.4 Å². The van der Waals surface area contributed by atoms with Gasteiger partial charge in [-0.1, -0.05) is 18.2 Å². The van der Waals surface area contributed by atoms with Gasteiger partial charge in [-0.15, -0.1) is 0 Å². The molecular weight excluding hydrogens is 330 g/mol. The summed E-state index contributed by atoms with van der Waals surface area (Å²) < 4.78 is 5.38. The van der Waals surface area contributed by atoms with Gasteiger partial charge in [0.15, 0.2) is 5.75 Å². The third-order valence-electron chi connectivity index (χ3n) is 4.48. The van der Waals surface area contributed by atoms with E-state index >= 15 is 0 Å². The van der Waals surface area contributed by atoms with E-state index in [1.54, 1.807) is 18.2 Å². The van der Waals surface area contributed by atoms with Crippen LogP contribution in [-0.4, -0.2) is 37.4 Å². The molecule has 3 rings (SSSR count). The Hall–Kier alpha value is -2.86. The van der Waals surface area contributed by atoms with Gasteiger partial charge in [0.1, 0.15) is 0 Å². The molecular formula is C20H23N3O3. The Bertz CT molecular complexity index is 848. The molecule has 2 aromatic rings. The van der Waals surface area contributed by atoms with E-state index in [2.05, 4.69) is 28.6 Å². The molecule has 0 spiro atoms. The van der Waals surface area contributed by atoms with Crippen LogP contribution in [0.25, 0.3) is 0 Å². The molecule has 2 aromatic carbocycles. The van der Waals surface area contributed by atoms with Gasteiger partial charge < -0.3 is 20.3 Å². The van der Waals surface area contributed by atoms with Crippen LogP contribution in [0, 0.1) is 0 Å². The first-order valence-corrected chi connectivity index (χ1v) is 8.55. The van der Waals surface area contributed by atoms with E-state index < -0.39 is 0 Å². The van der Waals surface area contributed by atoms with E-state index in [1.807, 2.05) is 12.1 Å². The lowest BCUT2D eigenvalue weighted by Crippen LogP contribution is -2.27. The average molecular weight is 353 g/mol. The van der Waals surface area contributed by atoms with Crippen LogP contribution in [0.2, 0.25) is 0 Å². The lowest BCUT2D eigenvalue weighted by atomic mass is 9.98. The second-order valence-electron chi connectivity index (χ2n) is 6.45. The minimum atomic E-state index is -0.263. The Labute approximate surface area is 153 Å². The number of ether oxygens (including phenoxy) is 1. The number of anilines is 2.